The first kappa shape index (κ1) is 15.2. The summed E-state index contributed by atoms with van der Waals surface area (Å²) in [5.41, 5.74) is 6.15. The van der Waals surface area contributed by atoms with Gasteiger partial charge in [0.25, 0.3) is 0 Å². The maximum atomic E-state index is 13.2. The average molecular weight is 311 g/mol. The van der Waals surface area contributed by atoms with E-state index in [1.165, 1.54) is 19.4 Å². The first-order chi connectivity index (χ1) is 9.90. The monoisotopic (exact) mass is 311 g/mol. The van der Waals surface area contributed by atoms with Gasteiger partial charge in [-0.25, -0.2) is 22.5 Å². The third-order valence-corrected chi connectivity index (χ3v) is 4.06. The van der Waals surface area contributed by atoms with Crippen LogP contribution in [0.3, 0.4) is 0 Å². The van der Waals surface area contributed by atoms with Crippen LogP contribution < -0.4 is 15.2 Å². The predicted octanol–water partition coefficient (Wildman–Crippen LogP) is 1.29. The Kier molecular flexibility index (Phi) is 4.39. The second kappa shape index (κ2) is 6.06. The standard InChI is InChI=1S/C13H14FN3O3S/c1-20-13-4-9(2-3-16-13)8-17-21(18,19)12-6-10(14)5-11(15)7-12/h2-7,17H,8,15H2,1H3. The van der Waals surface area contributed by atoms with Gasteiger partial charge in [-0.15, -0.1) is 0 Å². The summed E-state index contributed by atoms with van der Waals surface area (Å²) in [6.45, 7) is 0.0254. The van der Waals surface area contributed by atoms with Gasteiger partial charge in [-0.2, -0.15) is 0 Å². The van der Waals surface area contributed by atoms with E-state index < -0.39 is 15.8 Å². The van der Waals surface area contributed by atoms with Crippen molar-refractivity contribution in [2.24, 2.45) is 0 Å². The number of methoxy groups -OCH3 is 1. The van der Waals surface area contributed by atoms with Crippen molar-refractivity contribution in [3.05, 3.63) is 47.9 Å². The molecule has 0 aliphatic rings. The van der Waals surface area contributed by atoms with Gasteiger partial charge in [0.05, 0.1) is 12.0 Å². The topological polar surface area (TPSA) is 94.3 Å². The Labute approximate surface area is 121 Å². The lowest BCUT2D eigenvalue weighted by Gasteiger charge is -2.08. The molecule has 1 aromatic heterocycles. The molecule has 1 heterocycles. The van der Waals surface area contributed by atoms with Crippen LogP contribution in [0.2, 0.25) is 0 Å². The smallest absolute Gasteiger partial charge is 0.241 e. The largest absolute Gasteiger partial charge is 0.481 e. The summed E-state index contributed by atoms with van der Waals surface area (Å²) in [6.07, 6.45) is 1.50. The van der Waals surface area contributed by atoms with Gasteiger partial charge in [-0.05, 0) is 29.8 Å². The van der Waals surface area contributed by atoms with Crippen molar-refractivity contribution in [3.8, 4) is 5.88 Å². The van der Waals surface area contributed by atoms with Crippen molar-refractivity contribution >= 4 is 15.7 Å². The Bertz CT molecular complexity index is 730. The Morgan fingerprint density at radius 1 is 1.33 bits per heavy atom. The number of aromatic nitrogens is 1. The first-order valence-electron chi connectivity index (χ1n) is 5.95. The predicted molar refractivity (Wildman–Crippen MR) is 75.6 cm³/mol. The fraction of sp³-hybridized carbons (Fsp3) is 0.154. The number of hydrogen-bond donors (Lipinski definition) is 2. The lowest BCUT2D eigenvalue weighted by Crippen LogP contribution is -2.23. The van der Waals surface area contributed by atoms with Gasteiger partial charge in [0.15, 0.2) is 0 Å². The number of sulfonamides is 1. The fourth-order valence-corrected chi connectivity index (χ4v) is 2.76. The van der Waals surface area contributed by atoms with E-state index in [9.17, 15) is 12.8 Å². The van der Waals surface area contributed by atoms with Crippen molar-refractivity contribution in [1.82, 2.24) is 9.71 Å². The van der Waals surface area contributed by atoms with Crippen molar-refractivity contribution in [3.63, 3.8) is 0 Å². The van der Waals surface area contributed by atoms with E-state index in [4.69, 9.17) is 10.5 Å². The van der Waals surface area contributed by atoms with E-state index in [1.54, 1.807) is 12.1 Å². The van der Waals surface area contributed by atoms with Gasteiger partial charge in [-0.3, -0.25) is 0 Å². The highest BCUT2D eigenvalue weighted by atomic mass is 32.2. The molecule has 0 radical (unpaired) electrons. The number of pyridine rings is 1. The van der Waals surface area contributed by atoms with Crippen LogP contribution in [0, 0.1) is 5.82 Å². The lowest BCUT2D eigenvalue weighted by atomic mass is 10.3. The summed E-state index contributed by atoms with van der Waals surface area (Å²) in [7, 11) is -2.39. The second-order valence-electron chi connectivity index (χ2n) is 4.25. The van der Waals surface area contributed by atoms with E-state index in [0.29, 0.717) is 11.4 Å². The molecule has 0 saturated carbocycles. The van der Waals surface area contributed by atoms with E-state index >= 15 is 0 Å². The van der Waals surface area contributed by atoms with Gasteiger partial charge in [0.1, 0.15) is 5.82 Å². The molecule has 1 aromatic carbocycles. The number of nitrogen functional groups attached to an aromatic ring is 1. The zero-order valence-electron chi connectivity index (χ0n) is 11.2. The van der Waals surface area contributed by atoms with Gasteiger partial charge in [-0.1, -0.05) is 0 Å². The number of ether oxygens (including phenoxy) is 1. The summed E-state index contributed by atoms with van der Waals surface area (Å²) in [4.78, 5) is 3.70. The SMILES string of the molecule is COc1cc(CNS(=O)(=O)c2cc(N)cc(F)c2)ccn1. The van der Waals surface area contributed by atoms with Crippen molar-refractivity contribution in [1.29, 1.82) is 0 Å². The highest BCUT2D eigenvalue weighted by Crippen LogP contribution is 2.16. The molecule has 0 aliphatic carbocycles. The van der Waals surface area contributed by atoms with Crippen LogP contribution in [-0.2, 0) is 16.6 Å². The third-order valence-electron chi connectivity index (χ3n) is 2.68. The number of rotatable bonds is 5. The quantitative estimate of drug-likeness (QED) is 0.811. The summed E-state index contributed by atoms with van der Waals surface area (Å²) in [5, 5.41) is 0. The normalized spacial score (nSPS) is 11.3. The number of nitrogens with one attached hydrogen (secondary N) is 1. The molecule has 2 rings (SSSR count). The Hall–Kier alpha value is -2.19. The molecule has 0 aliphatic heterocycles. The molecule has 21 heavy (non-hydrogen) atoms. The molecular formula is C13H14FN3O3S. The molecule has 3 N–H and O–H groups in total. The third kappa shape index (κ3) is 3.89. The van der Waals surface area contributed by atoms with Crippen LogP contribution in [0.5, 0.6) is 5.88 Å². The molecule has 0 bridgehead atoms. The Morgan fingerprint density at radius 2 is 2.10 bits per heavy atom. The fourth-order valence-electron chi connectivity index (χ4n) is 1.67. The summed E-state index contributed by atoms with van der Waals surface area (Å²) in [5.74, 6) is -0.331. The zero-order chi connectivity index (χ0) is 15.5. The maximum Gasteiger partial charge on any atom is 0.241 e. The van der Waals surface area contributed by atoms with Crippen LogP contribution in [-0.4, -0.2) is 20.5 Å². The van der Waals surface area contributed by atoms with E-state index in [2.05, 4.69) is 9.71 Å². The molecule has 2 aromatic rings. The molecule has 0 amide bonds. The maximum absolute atomic E-state index is 13.2. The average Bonchev–Trinajstić information content (AvgIpc) is 2.44. The summed E-state index contributed by atoms with van der Waals surface area (Å²) < 4.78 is 44.7. The number of nitrogens with zero attached hydrogens (tertiary/aromatic N) is 1. The van der Waals surface area contributed by atoms with Crippen LogP contribution in [0.25, 0.3) is 0 Å². The van der Waals surface area contributed by atoms with Crippen LogP contribution in [0.1, 0.15) is 5.56 Å². The van der Waals surface area contributed by atoms with E-state index in [0.717, 1.165) is 12.1 Å². The molecule has 112 valence electrons. The molecule has 0 fully saturated rings. The Balaban J connectivity index is 2.17. The van der Waals surface area contributed by atoms with Crippen molar-refractivity contribution in [2.45, 2.75) is 11.4 Å². The van der Waals surface area contributed by atoms with Gasteiger partial charge in [0, 0.05) is 24.5 Å². The first-order valence-corrected chi connectivity index (χ1v) is 7.44. The number of halogens is 1. The van der Waals surface area contributed by atoms with Crippen molar-refractivity contribution in [2.75, 3.05) is 12.8 Å². The lowest BCUT2D eigenvalue weighted by molar-refractivity contribution is 0.397. The van der Waals surface area contributed by atoms with Gasteiger partial charge in [0.2, 0.25) is 15.9 Å². The minimum absolute atomic E-state index is 0.0254. The molecule has 8 heteroatoms. The second-order valence-corrected chi connectivity index (χ2v) is 6.02. The highest BCUT2D eigenvalue weighted by molar-refractivity contribution is 7.89. The van der Waals surface area contributed by atoms with Gasteiger partial charge < -0.3 is 10.5 Å². The van der Waals surface area contributed by atoms with E-state index in [1.807, 2.05) is 0 Å². The molecule has 0 atom stereocenters. The van der Waals surface area contributed by atoms with Crippen LogP contribution in [0.15, 0.2) is 41.4 Å². The van der Waals surface area contributed by atoms with Gasteiger partial charge >= 0.3 is 0 Å². The van der Waals surface area contributed by atoms with Crippen LogP contribution >= 0.6 is 0 Å². The number of nitrogens with two attached hydrogens (primary N) is 1. The minimum atomic E-state index is -3.85. The number of anilines is 1. The molecule has 6 nitrogen and oxygen atoms in total. The summed E-state index contributed by atoms with van der Waals surface area (Å²) >= 11 is 0. The number of benzene rings is 1. The minimum Gasteiger partial charge on any atom is -0.481 e. The highest BCUT2D eigenvalue weighted by Gasteiger charge is 2.15. The molecule has 0 saturated heterocycles. The van der Waals surface area contributed by atoms with Crippen molar-refractivity contribution < 1.29 is 17.5 Å². The zero-order valence-corrected chi connectivity index (χ0v) is 12.0. The molecular weight excluding hydrogens is 297 g/mol. The molecule has 0 spiro atoms. The summed E-state index contributed by atoms with van der Waals surface area (Å²) in [6, 6.07) is 6.39. The Morgan fingerprint density at radius 3 is 2.76 bits per heavy atom. The van der Waals surface area contributed by atoms with E-state index in [-0.39, 0.29) is 17.1 Å². The van der Waals surface area contributed by atoms with Crippen LogP contribution in [0.4, 0.5) is 10.1 Å². The molecule has 0 unspecified atom stereocenters. The number of hydrogen-bond acceptors (Lipinski definition) is 5.